The van der Waals surface area contributed by atoms with Crippen molar-refractivity contribution < 1.29 is 14.3 Å². The van der Waals surface area contributed by atoms with Crippen LogP contribution in [0.25, 0.3) is 11.0 Å². The summed E-state index contributed by atoms with van der Waals surface area (Å²) in [6.07, 6.45) is 1.82. The van der Waals surface area contributed by atoms with Crippen LogP contribution in [-0.2, 0) is 14.3 Å². The summed E-state index contributed by atoms with van der Waals surface area (Å²) in [6, 6.07) is 7.53. The quantitative estimate of drug-likeness (QED) is 0.586. The first-order valence-electron chi connectivity index (χ1n) is 9.46. The van der Waals surface area contributed by atoms with E-state index >= 15 is 0 Å². The van der Waals surface area contributed by atoms with Gasteiger partial charge in [-0.05, 0) is 31.4 Å². The lowest BCUT2D eigenvalue weighted by Gasteiger charge is -2.39. The second kappa shape index (κ2) is 7.48. The van der Waals surface area contributed by atoms with Gasteiger partial charge in [-0.3, -0.25) is 14.5 Å². The molecule has 0 N–H and O–H groups in total. The second-order valence-electron chi connectivity index (χ2n) is 7.08. The third kappa shape index (κ3) is 2.97. The van der Waals surface area contributed by atoms with E-state index in [-0.39, 0.29) is 24.5 Å². The third-order valence-electron chi connectivity index (χ3n) is 4.95. The Morgan fingerprint density at radius 1 is 1.27 bits per heavy atom. The van der Waals surface area contributed by atoms with Crippen molar-refractivity contribution in [2.24, 2.45) is 11.8 Å². The lowest BCUT2D eigenvalue weighted by Crippen LogP contribution is -2.51. The Morgan fingerprint density at radius 3 is 2.65 bits per heavy atom. The SMILES string of the molecule is CCCCN1C(=O)[C@H](C(=O)OCC)[C@H](C(C)C)n2c1nc1ccccc12. The maximum absolute atomic E-state index is 13.3. The minimum absolute atomic E-state index is 0.0815. The molecule has 1 aliphatic rings. The van der Waals surface area contributed by atoms with Gasteiger partial charge >= 0.3 is 5.97 Å². The van der Waals surface area contributed by atoms with E-state index in [0.717, 1.165) is 23.9 Å². The lowest BCUT2D eigenvalue weighted by atomic mass is 9.87. The number of nitrogens with zero attached hydrogens (tertiary/aromatic N) is 3. The molecule has 140 valence electrons. The van der Waals surface area contributed by atoms with Crippen molar-refractivity contribution >= 4 is 28.9 Å². The van der Waals surface area contributed by atoms with Gasteiger partial charge in [0.05, 0.1) is 23.7 Å². The van der Waals surface area contributed by atoms with Crippen molar-refractivity contribution in [2.45, 2.75) is 46.6 Å². The average molecular weight is 357 g/mol. The summed E-state index contributed by atoms with van der Waals surface area (Å²) in [5.74, 6) is -0.751. The molecule has 2 aromatic rings. The molecule has 1 aromatic heterocycles. The number of ether oxygens (including phenoxy) is 1. The van der Waals surface area contributed by atoms with Gasteiger partial charge in [0.25, 0.3) is 0 Å². The number of carbonyl (C=O) groups excluding carboxylic acids is 2. The van der Waals surface area contributed by atoms with Gasteiger partial charge in [0.2, 0.25) is 11.9 Å². The Balaban J connectivity index is 2.21. The molecule has 26 heavy (non-hydrogen) atoms. The van der Waals surface area contributed by atoms with Crippen LogP contribution in [0.15, 0.2) is 24.3 Å². The second-order valence-corrected chi connectivity index (χ2v) is 7.08. The maximum atomic E-state index is 13.3. The summed E-state index contributed by atoms with van der Waals surface area (Å²) < 4.78 is 7.34. The van der Waals surface area contributed by atoms with Crippen LogP contribution in [0.2, 0.25) is 0 Å². The molecule has 1 amide bonds. The van der Waals surface area contributed by atoms with E-state index in [2.05, 4.69) is 11.5 Å². The summed E-state index contributed by atoms with van der Waals surface area (Å²) in [7, 11) is 0. The van der Waals surface area contributed by atoms with Gasteiger partial charge < -0.3 is 9.30 Å². The van der Waals surface area contributed by atoms with Crippen LogP contribution in [0.3, 0.4) is 0 Å². The molecule has 0 bridgehead atoms. The van der Waals surface area contributed by atoms with Gasteiger partial charge in [-0.15, -0.1) is 0 Å². The number of benzene rings is 1. The molecule has 0 spiro atoms. The predicted molar refractivity (Wildman–Crippen MR) is 101 cm³/mol. The summed E-state index contributed by atoms with van der Waals surface area (Å²) in [6.45, 7) is 8.73. The monoisotopic (exact) mass is 357 g/mol. The van der Waals surface area contributed by atoms with E-state index in [1.807, 2.05) is 38.1 Å². The molecule has 0 aliphatic carbocycles. The van der Waals surface area contributed by atoms with Crippen LogP contribution in [0, 0.1) is 11.8 Å². The molecule has 6 heteroatoms. The van der Waals surface area contributed by atoms with Crippen molar-refractivity contribution in [3.8, 4) is 0 Å². The molecule has 1 aliphatic heterocycles. The highest BCUT2D eigenvalue weighted by molar-refractivity contribution is 6.08. The third-order valence-corrected chi connectivity index (χ3v) is 4.95. The van der Waals surface area contributed by atoms with E-state index in [0.29, 0.717) is 12.5 Å². The van der Waals surface area contributed by atoms with Gasteiger partial charge in [-0.1, -0.05) is 39.3 Å². The van der Waals surface area contributed by atoms with E-state index in [4.69, 9.17) is 9.72 Å². The Hall–Kier alpha value is -2.37. The highest BCUT2D eigenvalue weighted by Gasteiger charge is 2.47. The van der Waals surface area contributed by atoms with Crippen LogP contribution >= 0.6 is 0 Å². The molecular formula is C20H27N3O3. The topological polar surface area (TPSA) is 64.4 Å². The average Bonchev–Trinajstić information content (AvgIpc) is 2.99. The fraction of sp³-hybridized carbons (Fsp3) is 0.550. The smallest absolute Gasteiger partial charge is 0.320 e. The molecule has 0 radical (unpaired) electrons. The maximum Gasteiger partial charge on any atom is 0.320 e. The molecule has 3 rings (SSSR count). The zero-order valence-electron chi connectivity index (χ0n) is 15.9. The summed E-state index contributed by atoms with van der Waals surface area (Å²) >= 11 is 0. The van der Waals surface area contributed by atoms with E-state index in [1.54, 1.807) is 11.8 Å². The highest BCUT2D eigenvalue weighted by atomic mass is 16.5. The number of esters is 1. The minimum atomic E-state index is -0.836. The van der Waals surface area contributed by atoms with Crippen molar-refractivity contribution in [3.05, 3.63) is 24.3 Å². The number of carbonyl (C=O) groups is 2. The van der Waals surface area contributed by atoms with Crippen LogP contribution in [0.1, 0.15) is 46.6 Å². The fourth-order valence-electron chi connectivity index (χ4n) is 3.76. The Bertz CT molecular complexity index is 812. The van der Waals surface area contributed by atoms with E-state index in [1.165, 1.54) is 0 Å². The summed E-state index contributed by atoms with van der Waals surface area (Å²) in [5, 5.41) is 0. The van der Waals surface area contributed by atoms with Crippen LogP contribution in [-0.4, -0.2) is 34.6 Å². The van der Waals surface area contributed by atoms with E-state index in [9.17, 15) is 9.59 Å². The number of para-hydroxylation sites is 2. The molecular weight excluding hydrogens is 330 g/mol. The first-order chi connectivity index (χ1) is 12.5. The van der Waals surface area contributed by atoms with Crippen LogP contribution < -0.4 is 4.90 Å². The highest BCUT2D eigenvalue weighted by Crippen LogP contribution is 2.41. The number of anilines is 1. The van der Waals surface area contributed by atoms with Gasteiger partial charge in [-0.25, -0.2) is 4.98 Å². The molecule has 0 saturated carbocycles. The lowest BCUT2D eigenvalue weighted by molar-refractivity contribution is -0.154. The molecule has 2 heterocycles. The van der Waals surface area contributed by atoms with Gasteiger partial charge in [0.1, 0.15) is 0 Å². The molecule has 1 aromatic carbocycles. The van der Waals surface area contributed by atoms with Crippen LogP contribution in [0.5, 0.6) is 0 Å². The number of unbranched alkanes of at least 4 members (excludes halogenated alkanes) is 1. The van der Waals surface area contributed by atoms with Gasteiger partial charge in [0.15, 0.2) is 5.92 Å². The molecule has 0 saturated heterocycles. The van der Waals surface area contributed by atoms with Gasteiger partial charge in [-0.2, -0.15) is 0 Å². The number of imidazole rings is 1. The van der Waals surface area contributed by atoms with Crippen molar-refractivity contribution in [2.75, 3.05) is 18.1 Å². The number of aromatic nitrogens is 2. The standard InChI is InChI=1S/C20H27N3O3/c1-5-7-12-22-18(24)16(19(25)26-6-2)17(13(3)4)23-15-11-9-8-10-14(15)21-20(22)23/h8-11,13,16-17H,5-7,12H2,1-4H3/t16-,17+/m1/s1. The molecule has 0 unspecified atom stereocenters. The fourth-order valence-corrected chi connectivity index (χ4v) is 3.76. The molecule has 2 atom stereocenters. The first kappa shape index (κ1) is 18.4. The number of hydrogen-bond donors (Lipinski definition) is 0. The Kier molecular flexibility index (Phi) is 5.30. The zero-order valence-corrected chi connectivity index (χ0v) is 15.9. The minimum Gasteiger partial charge on any atom is -0.465 e. The van der Waals surface area contributed by atoms with Crippen molar-refractivity contribution in [1.82, 2.24) is 9.55 Å². The van der Waals surface area contributed by atoms with E-state index < -0.39 is 11.9 Å². The zero-order chi connectivity index (χ0) is 18.8. The molecule has 0 fully saturated rings. The summed E-state index contributed by atoms with van der Waals surface area (Å²) in [5.41, 5.74) is 1.79. The van der Waals surface area contributed by atoms with Crippen molar-refractivity contribution in [1.29, 1.82) is 0 Å². The first-order valence-corrected chi connectivity index (χ1v) is 9.46. The Labute approximate surface area is 154 Å². The normalized spacial score (nSPS) is 19.9. The van der Waals surface area contributed by atoms with Gasteiger partial charge in [0, 0.05) is 6.54 Å². The molecule has 6 nitrogen and oxygen atoms in total. The Morgan fingerprint density at radius 2 is 2.00 bits per heavy atom. The summed E-state index contributed by atoms with van der Waals surface area (Å²) in [4.78, 5) is 32.4. The largest absolute Gasteiger partial charge is 0.465 e. The number of amides is 1. The number of hydrogen-bond acceptors (Lipinski definition) is 4. The van der Waals surface area contributed by atoms with Crippen molar-refractivity contribution in [3.63, 3.8) is 0 Å². The van der Waals surface area contributed by atoms with Crippen LogP contribution in [0.4, 0.5) is 5.95 Å². The number of fused-ring (bicyclic) bond motifs is 3. The number of rotatable bonds is 6. The predicted octanol–water partition coefficient (Wildman–Crippen LogP) is 3.56.